The first-order valence-corrected chi connectivity index (χ1v) is 5.07. The minimum atomic E-state index is -0.559. The number of carbonyl (C=O) groups excluding carboxylic acids is 1. The van der Waals surface area contributed by atoms with Crippen molar-refractivity contribution in [1.29, 1.82) is 0 Å². The number of oxime groups is 1. The Morgan fingerprint density at radius 3 is 3.07 bits per heavy atom. The van der Waals surface area contributed by atoms with Gasteiger partial charge in [-0.2, -0.15) is 0 Å². The number of methoxy groups -OCH3 is 1. The van der Waals surface area contributed by atoms with Crippen LogP contribution in [-0.2, 0) is 9.53 Å². The van der Waals surface area contributed by atoms with Crippen LogP contribution >= 0.6 is 0 Å². The summed E-state index contributed by atoms with van der Waals surface area (Å²) in [6.45, 7) is 3.66. The van der Waals surface area contributed by atoms with E-state index in [-0.39, 0.29) is 5.97 Å². The second-order valence-electron chi connectivity index (χ2n) is 3.96. The first-order valence-electron chi connectivity index (χ1n) is 5.07. The average Bonchev–Trinajstić information content (AvgIpc) is 2.28. The fourth-order valence-electron chi connectivity index (χ4n) is 2.21. The Kier molecular flexibility index (Phi) is 3.88. The summed E-state index contributed by atoms with van der Waals surface area (Å²) < 4.78 is 4.82. The van der Waals surface area contributed by atoms with Gasteiger partial charge in [0.2, 0.25) is 0 Å². The number of allylic oxidation sites excluding steroid dienone is 1. The highest BCUT2D eigenvalue weighted by molar-refractivity contribution is 5.91. The standard InChI is InChI=1S/C11H17NO3/c1-3-6-11(10(13)15-2)7-4-5-9(8-11)12-14/h3,14H,1,4-8H2,2H3/b12-9-/t11-/m1/s1. The Morgan fingerprint density at radius 1 is 1.80 bits per heavy atom. The Balaban J connectivity index is 2.89. The van der Waals surface area contributed by atoms with E-state index in [2.05, 4.69) is 11.7 Å². The largest absolute Gasteiger partial charge is 0.469 e. The van der Waals surface area contributed by atoms with Crippen molar-refractivity contribution in [2.24, 2.45) is 10.6 Å². The lowest BCUT2D eigenvalue weighted by atomic mass is 9.71. The molecule has 0 bridgehead atoms. The first kappa shape index (κ1) is 11.8. The zero-order valence-electron chi connectivity index (χ0n) is 9.03. The molecule has 1 N–H and O–H groups in total. The van der Waals surface area contributed by atoms with Gasteiger partial charge in [-0.15, -0.1) is 6.58 Å². The summed E-state index contributed by atoms with van der Waals surface area (Å²) in [4.78, 5) is 11.7. The van der Waals surface area contributed by atoms with E-state index in [9.17, 15) is 4.79 Å². The highest BCUT2D eigenvalue weighted by Crippen LogP contribution is 2.39. The highest BCUT2D eigenvalue weighted by atomic mass is 16.5. The first-order chi connectivity index (χ1) is 7.18. The molecule has 0 heterocycles. The van der Waals surface area contributed by atoms with Crippen molar-refractivity contribution in [3.05, 3.63) is 12.7 Å². The summed E-state index contributed by atoms with van der Waals surface area (Å²) in [5.41, 5.74) is 0.115. The van der Waals surface area contributed by atoms with Crippen LogP contribution in [0.15, 0.2) is 17.8 Å². The second-order valence-corrected chi connectivity index (χ2v) is 3.96. The maximum atomic E-state index is 11.7. The van der Waals surface area contributed by atoms with Gasteiger partial charge in [-0.05, 0) is 25.7 Å². The van der Waals surface area contributed by atoms with Gasteiger partial charge >= 0.3 is 5.97 Å². The lowest BCUT2D eigenvalue weighted by Crippen LogP contribution is -2.37. The molecular weight excluding hydrogens is 194 g/mol. The molecule has 0 aromatic carbocycles. The molecule has 0 aromatic rings. The summed E-state index contributed by atoms with van der Waals surface area (Å²) >= 11 is 0. The average molecular weight is 211 g/mol. The fraction of sp³-hybridized carbons (Fsp3) is 0.636. The van der Waals surface area contributed by atoms with Crippen LogP contribution in [0.4, 0.5) is 0 Å². The molecule has 84 valence electrons. The van der Waals surface area contributed by atoms with E-state index in [1.54, 1.807) is 6.08 Å². The van der Waals surface area contributed by atoms with Crippen LogP contribution in [0, 0.1) is 5.41 Å². The predicted molar refractivity (Wildman–Crippen MR) is 57.0 cm³/mol. The Labute approximate surface area is 89.6 Å². The van der Waals surface area contributed by atoms with Crippen molar-refractivity contribution in [2.75, 3.05) is 7.11 Å². The Morgan fingerprint density at radius 2 is 2.53 bits per heavy atom. The summed E-state index contributed by atoms with van der Waals surface area (Å²) in [5, 5.41) is 12.0. The lowest BCUT2D eigenvalue weighted by Gasteiger charge is -2.33. The summed E-state index contributed by atoms with van der Waals surface area (Å²) in [6, 6.07) is 0. The van der Waals surface area contributed by atoms with Crippen LogP contribution in [0.25, 0.3) is 0 Å². The third kappa shape index (κ3) is 2.37. The molecule has 0 aliphatic heterocycles. The van der Waals surface area contributed by atoms with Crippen molar-refractivity contribution in [3.8, 4) is 0 Å². The molecule has 1 fully saturated rings. The van der Waals surface area contributed by atoms with Gasteiger partial charge in [0.1, 0.15) is 0 Å². The molecular formula is C11H17NO3. The molecule has 15 heavy (non-hydrogen) atoms. The monoisotopic (exact) mass is 211 g/mol. The van der Waals surface area contributed by atoms with E-state index in [0.29, 0.717) is 18.6 Å². The molecule has 0 unspecified atom stereocenters. The van der Waals surface area contributed by atoms with Gasteiger partial charge in [-0.1, -0.05) is 11.2 Å². The number of nitrogens with zero attached hydrogens (tertiary/aromatic N) is 1. The number of esters is 1. The molecule has 1 aliphatic carbocycles. The minimum Gasteiger partial charge on any atom is -0.469 e. The number of carbonyl (C=O) groups is 1. The van der Waals surface area contributed by atoms with Gasteiger partial charge in [-0.25, -0.2) is 0 Å². The quantitative estimate of drug-likeness (QED) is 0.336. The van der Waals surface area contributed by atoms with Crippen molar-refractivity contribution >= 4 is 11.7 Å². The van der Waals surface area contributed by atoms with Crippen LogP contribution in [-0.4, -0.2) is 24.0 Å². The minimum absolute atomic E-state index is 0.233. The Bertz CT molecular complexity index is 286. The van der Waals surface area contributed by atoms with Gasteiger partial charge in [-0.3, -0.25) is 4.79 Å². The van der Waals surface area contributed by atoms with Crippen LogP contribution in [0.5, 0.6) is 0 Å². The van der Waals surface area contributed by atoms with Crippen LogP contribution < -0.4 is 0 Å². The van der Waals surface area contributed by atoms with E-state index in [4.69, 9.17) is 9.94 Å². The lowest BCUT2D eigenvalue weighted by molar-refractivity contribution is -0.153. The molecule has 1 aliphatic rings. The smallest absolute Gasteiger partial charge is 0.312 e. The molecule has 0 amide bonds. The number of hydrogen-bond donors (Lipinski definition) is 1. The van der Waals surface area contributed by atoms with Gasteiger partial charge in [0.05, 0.1) is 18.2 Å². The predicted octanol–water partition coefficient (Wildman–Crippen LogP) is 2.13. The molecule has 1 atom stereocenters. The summed E-state index contributed by atoms with van der Waals surface area (Å²) in [5.74, 6) is -0.233. The fourth-order valence-corrected chi connectivity index (χ4v) is 2.21. The van der Waals surface area contributed by atoms with Crippen LogP contribution in [0.1, 0.15) is 32.1 Å². The normalized spacial score (nSPS) is 28.7. The van der Waals surface area contributed by atoms with E-state index in [0.717, 1.165) is 19.3 Å². The van der Waals surface area contributed by atoms with Gasteiger partial charge < -0.3 is 9.94 Å². The van der Waals surface area contributed by atoms with Gasteiger partial charge in [0.25, 0.3) is 0 Å². The van der Waals surface area contributed by atoms with Crippen molar-refractivity contribution in [2.45, 2.75) is 32.1 Å². The van der Waals surface area contributed by atoms with E-state index < -0.39 is 5.41 Å². The zero-order chi connectivity index (χ0) is 11.3. The van der Waals surface area contributed by atoms with Crippen LogP contribution in [0.3, 0.4) is 0 Å². The molecule has 4 nitrogen and oxygen atoms in total. The molecule has 0 saturated heterocycles. The molecule has 1 rings (SSSR count). The molecule has 0 aromatic heterocycles. The third-order valence-corrected chi connectivity index (χ3v) is 2.96. The third-order valence-electron chi connectivity index (χ3n) is 2.96. The van der Waals surface area contributed by atoms with Gasteiger partial charge in [0.15, 0.2) is 0 Å². The topological polar surface area (TPSA) is 58.9 Å². The maximum Gasteiger partial charge on any atom is 0.312 e. The van der Waals surface area contributed by atoms with E-state index in [1.807, 2.05) is 0 Å². The van der Waals surface area contributed by atoms with Crippen LogP contribution in [0.2, 0.25) is 0 Å². The second kappa shape index (κ2) is 4.96. The van der Waals surface area contributed by atoms with Crippen molar-refractivity contribution in [3.63, 3.8) is 0 Å². The SMILES string of the molecule is C=CC[C@@]1(C(=O)OC)CCC/C(=N/O)C1. The van der Waals surface area contributed by atoms with E-state index >= 15 is 0 Å². The number of ether oxygens (including phenoxy) is 1. The number of hydrogen-bond acceptors (Lipinski definition) is 4. The Hall–Kier alpha value is -1.32. The molecule has 1 saturated carbocycles. The van der Waals surface area contributed by atoms with E-state index in [1.165, 1.54) is 7.11 Å². The molecule has 0 radical (unpaired) electrons. The zero-order valence-corrected chi connectivity index (χ0v) is 9.03. The summed E-state index contributed by atoms with van der Waals surface area (Å²) in [7, 11) is 1.39. The van der Waals surface area contributed by atoms with Gasteiger partial charge in [0, 0.05) is 6.42 Å². The maximum absolute atomic E-state index is 11.7. The molecule has 4 heteroatoms. The number of rotatable bonds is 3. The van der Waals surface area contributed by atoms with Crippen molar-refractivity contribution in [1.82, 2.24) is 0 Å². The highest BCUT2D eigenvalue weighted by Gasteiger charge is 2.41. The summed E-state index contributed by atoms with van der Waals surface area (Å²) in [6.07, 6.45) is 5.14. The van der Waals surface area contributed by atoms with Crippen molar-refractivity contribution < 1.29 is 14.7 Å². The molecule has 0 spiro atoms.